The van der Waals surface area contributed by atoms with Crippen LogP contribution >= 0.6 is 15.9 Å². The van der Waals surface area contributed by atoms with E-state index in [1.54, 1.807) is 6.07 Å². The lowest BCUT2D eigenvalue weighted by Crippen LogP contribution is -2.20. The summed E-state index contributed by atoms with van der Waals surface area (Å²) in [5.41, 5.74) is 2.25. The van der Waals surface area contributed by atoms with Crippen LogP contribution in [0.25, 0.3) is 21.9 Å². The zero-order chi connectivity index (χ0) is 17.2. The van der Waals surface area contributed by atoms with Crippen LogP contribution in [-0.2, 0) is 4.79 Å². The molecule has 5 heteroatoms. The minimum absolute atomic E-state index is 0.0609. The van der Waals surface area contributed by atoms with Gasteiger partial charge in [-0.05, 0) is 36.4 Å². The van der Waals surface area contributed by atoms with E-state index in [9.17, 15) is 4.79 Å². The van der Waals surface area contributed by atoms with Crippen molar-refractivity contribution in [1.82, 2.24) is 0 Å². The van der Waals surface area contributed by atoms with Crippen LogP contribution in [-0.4, -0.2) is 12.5 Å². The molecule has 0 aliphatic carbocycles. The predicted molar refractivity (Wildman–Crippen MR) is 102 cm³/mol. The quantitative estimate of drug-likeness (QED) is 0.505. The summed E-state index contributed by atoms with van der Waals surface area (Å²) in [4.78, 5) is 12.1. The number of carbonyl (C=O) groups excluding carboxylic acids is 1. The lowest BCUT2D eigenvalue weighted by atomic mass is 10.1. The third-order valence-corrected chi connectivity index (χ3v) is 4.32. The topological polar surface area (TPSA) is 51.5 Å². The van der Waals surface area contributed by atoms with Crippen LogP contribution in [0.1, 0.15) is 0 Å². The number of ether oxygens (including phenoxy) is 1. The van der Waals surface area contributed by atoms with Gasteiger partial charge < -0.3 is 14.5 Å². The third-order valence-electron chi connectivity index (χ3n) is 3.83. The maximum absolute atomic E-state index is 12.1. The van der Waals surface area contributed by atoms with Crippen molar-refractivity contribution in [3.05, 3.63) is 71.2 Å². The highest BCUT2D eigenvalue weighted by Gasteiger charge is 2.09. The molecule has 0 radical (unpaired) electrons. The molecule has 0 saturated carbocycles. The van der Waals surface area contributed by atoms with E-state index in [0.717, 1.165) is 26.4 Å². The summed E-state index contributed by atoms with van der Waals surface area (Å²) in [5, 5.41) is 4.92. The summed E-state index contributed by atoms with van der Waals surface area (Å²) >= 11 is 3.37. The number of carbonyl (C=O) groups is 1. The number of benzene rings is 3. The number of nitrogens with one attached hydrogen (secondary N) is 1. The molecule has 124 valence electrons. The summed E-state index contributed by atoms with van der Waals surface area (Å²) < 4.78 is 12.2. The fraction of sp³-hybridized carbons (Fsp3) is 0.0500. The zero-order valence-electron chi connectivity index (χ0n) is 13.2. The van der Waals surface area contributed by atoms with Crippen molar-refractivity contribution in [2.75, 3.05) is 11.9 Å². The molecule has 0 fully saturated rings. The number of halogens is 1. The molecular formula is C20H14BrNO3. The fourth-order valence-corrected chi connectivity index (χ4v) is 3.08. The Balaban J connectivity index is 1.48. The fourth-order valence-electron chi connectivity index (χ4n) is 2.71. The number of para-hydroxylation sites is 1. The summed E-state index contributed by atoms with van der Waals surface area (Å²) in [5.74, 6) is 0.410. The predicted octanol–water partition coefficient (Wildman–Crippen LogP) is 5.37. The van der Waals surface area contributed by atoms with Crippen LogP contribution in [0.15, 0.2) is 75.6 Å². The van der Waals surface area contributed by atoms with Crippen LogP contribution in [0, 0.1) is 0 Å². The van der Waals surface area contributed by atoms with Gasteiger partial charge in [0, 0.05) is 27.0 Å². The van der Waals surface area contributed by atoms with Crippen molar-refractivity contribution >= 4 is 49.5 Å². The van der Waals surface area contributed by atoms with Crippen molar-refractivity contribution in [3.63, 3.8) is 0 Å². The molecule has 4 nitrogen and oxygen atoms in total. The second kappa shape index (κ2) is 6.61. The van der Waals surface area contributed by atoms with E-state index < -0.39 is 0 Å². The van der Waals surface area contributed by atoms with Crippen LogP contribution in [0.5, 0.6) is 5.75 Å². The van der Waals surface area contributed by atoms with Crippen molar-refractivity contribution in [2.24, 2.45) is 0 Å². The Hall–Kier alpha value is -2.79. The lowest BCUT2D eigenvalue weighted by Gasteiger charge is -2.07. The van der Waals surface area contributed by atoms with Gasteiger partial charge in [0.2, 0.25) is 0 Å². The van der Waals surface area contributed by atoms with Gasteiger partial charge in [-0.1, -0.05) is 40.2 Å². The Kier molecular flexibility index (Phi) is 4.15. The molecule has 0 spiro atoms. The average Bonchev–Trinajstić information content (AvgIpc) is 2.98. The molecule has 0 unspecified atom stereocenters. The van der Waals surface area contributed by atoms with Gasteiger partial charge in [0.25, 0.3) is 5.91 Å². The van der Waals surface area contributed by atoms with E-state index in [4.69, 9.17) is 9.15 Å². The zero-order valence-corrected chi connectivity index (χ0v) is 14.7. The molecule has 4 aromatic rings. The molecule has 1 aromatic heterocycles. The molecule has 3 aromatic carbocycles. The summed E-state index contributed by atoms with van der Waals surface area (Å²) in [6, 6.07) is 20.9. The average molecular weight is 396 g/mol. The molecule has 0 aliphatic rings. The normalized spacial score (nSPS) is 10.9. The number of furan rings is 1. The Bertz CT molecular complexity index is 1070. The van der Waals surface area contributed by atoms with Gasteiger partial charge in [0.05, 0.1) is 0 Å². The first-order chi connectivity index (χ1) is 12.2. The first-order valence-electron chi connectivity index (χ1n) is 7.78. The van der Waals surface area contributed by atoms with Crippen LogP contribution < -0.4 is 10.1 Å². The van der Waals surface area contributed by atoms with Crippen molar-refractivity contribution in [2.45, 2.75) is 0 Å². The van der Waals surface area contributed by atoms with E-state index in [-0.39, 0.29) is 12.5 Å². The molecule has 1 amide bonds. The molecule has 0 bridgehead atoms. The highest BCUT2D eigenvalue weighted by atomic mass is 79.9. The van der Waals surface area contributed by atoms with Crippen molar-refractivity contribution < 1.29 is 13.9 Å². The Morgan fingerprint density at radius 1 is 0.960 bits per heavy atom. The van der Waals surface area contributed by atoms with Gasteiger partial charge in [0.1, 0.15) is 16.9 Å². The van der Waals surface area contributed by atoms with Gasteiger partial charge >= 0.3 is 0 Å². The number of fused-ring (bicyclic) bond motifs is 3. The molecule has 4 rings (SSSR count). The number of hydrogen-bond donors (Lipinski definition) is 1. The van der Waals surface area contributed by atoms with Gasteiger partial charge in [-0.3, -0.25) is 4.79 Å². The largest absolute Gasteiger partial charge is 0.484 e. The minimum atomic E-state index is -0.226. The Morgan fingerprint density at radius 3 is 2.68 bits per heavy atom. The molecule has 0 saturated heterocycles. The van der Waals surface area contributed by atoms with E-state index in [1.807, 2.05) is 60.7 Å². The van der Waals surface area contributed by atoms with Gasteiger partial charge in [-0.25, -0.2) is 0 Å². The van der Waals surface area contributed by atoms with Crippen molar-refractivity contribution in [3.8, 4) is 5.75 Å². The first kappa shape index (κ1) is 15.7. The van der Waals surface area contributed by atoms with Crippen molar-refractivity contribution in [1.29, 1.82) is 0 Å². The minimum Gasteiger partial charge on any atom is -0.484 e. The van der Waals surface area contributed by atoms with Gasteiger partial charge in [-0.15, -0.1) is 0 Å². The van der Waals surface area contributed by atoms with Gasteiger partial charge in [-0.2, -0.15) is 0 Å². The molecule has 1 N–H and O–H groups in total. The monoisotopic (exact) mass is 395 g/mol. The maximum atomic E-state index is 12.1. The molecular weight excluding hydrogens is 382 g/mol. The third kappa shape index (κ3) is 3.37. The second-order valence-electron chi connectivity index (χ2n) is 5.60. The number of hydrogen-bond acceptors (Lipinski definition) is 3. The van der Waals surface area contributed by atoms with Gasteiger partial charge in [0.15, 0.2) is 6.61 Å². The van der Waals surface area contributed by atoms with E-state index in [0.29, 0.717) is 11.4 Å². The lowest BCUT2D eigenvalue weighted by molar-refractivity contribution is -0.118. The summed E-state index contributed by atoms with van der Waals surface area (Å²) in [6.07, 6.45) is 0. The first-order valence-corrected chi connectivity index (χ1v) is 8.58. The Morgan fingerprint density at radius 2 is 1.80 bits per heavy atom. The second-order valence-corrected chi connectivity index (χ2v) is 6.52. The standard InChI is InChI=1S/C20H14BrNO3/c21-13-4-3-5-15(10-13)24-12-20(23)22-14-8-9-17-16-6-1-2-7-18(16)25-19(17)11-14/h1-11H,12H2,(H,22,23). The van der Waals surface area contributed by atoms with E-state index >= 15 is 0 Å². The van der Waals surface area contributed by atoms with E-state index in [1.165, 1.54) is 0 Å². The Labute approximate surface area is 152 Å². The van der Waals surface area contributed by atoms with Crippen LogP contribution in [0.4, 0.5) is 5.69 Å². The van der Waals surface area contributed by atoms with Crippen LogP contribution in [0.3, 0.4) is 0 Å². The summed E-state index contributed by atoms with van der Waals surface area (Å²) in [6.45, 7) is -0.0609. The number of anilines is 1. The molecule has 0 atom stereocenters. The SMILES string of the molecule is O=C(COc1cccc(Br)c1)Nc1ccc2c(c1)oc1ccccc12. The molecule has 25 heavy (non-hydrogen) atoms. The highest BCUT2D eigenvalue weighted by Crippen LogP contribution is 2.30. The smallest absolute Gasteiger partial charge is 0.262 e. The van der Waals surface area contributed by atoms with E-state index in [2.05, 4.69) is 21.2 Å². The molecule has 1 heterocycles. The summed E-state index contributed by atoms with van der Waals surface area (Å²) in [7, 11) is 0. The molecule has 0 aliphatic heterocycles. The number of amides is 1. The van der Waals surface area contributed by atoms with Crippen LogP contribution in [0.2, 0.25) is 0 Å². The highest BCUT2D eigenvalue weighted by molar-refractivity contribution is 9.10. The maximum Gasteiger partial charge on any atom is 0.262 e. The number of rotatable bonds is 4.